The third kappa shape index (κ3) is 2.44. The van der Waals surface area contributed by atoms with Crippen LogP contribution in [0, 0.1) is 6.92 Å². The molecule has 1 aromatic carbocycles. The fraction of sp³-hybridized carbons (Fsp3) is 0.400. The third-order valence-electron chi connectivity index (χ3n) is 2.02. The van der Waals surface area contributed by atoms with Gasteiger partial charge in [-0.2, -0.15) is 0 Å². The second-order valence-corrected chi connectivity index (χ2v) is 3.18. The van der Waals surface area contributed by atoms with Crippen molar-refractivity contribution in [2.24, 2.45) is 5.73 Å². The van der Waals surface area contributed by atoms with Crippen molar-refractivity contribution in [3.05, 3.63) is 29.3 Å². The fourth-order valence-corrected chi connectivity index (χ4v) is 1.27. The normalized spacial score (nSPS) is 12.8. The Bertz CT molecular complexity index is 286. The Balaban J connectivity index is 2.91. The van der Waals surface area contributed by atoms with E-state index in [0.717, 1.165) is 5.56 Å². The quantitative estimate of drug-likeness (QED) is 0.653. The van der Waals surface area contributed by atoms with Crippen LogP contribution in [0.15, 0.2) is 18.2 Å². The summed E-state index contributed by atoms with van der Waals surface area (Å²) in [6.07, 6.45) is 0.469. The molecular formula is C10H15NO2. The topological polar surface area (TPSA) is 66.5 Å². The highest BCUT2D eigenvalue weighted by atomic mass is 16.3. The van der Waals surface area contributed by atoms with Crippen LogP contribution in [0.4, 0.5) is 0 Å². The van der Waals surface area contributed by atoms with Crippen LogP contribution in [0.25, 0.3) is 0 Å². The van der Waals surface area contributed by atoms with Crippen LogP contribution < -0.4 is 5.73 Å². The number of aliphatic hydroxyl groups excluding tert-OH is 1. The number of benzene rings is 1. The average Bonchev–Trinajstić information content (AvgIpc) is 2.09. The van der Waals surface area contributed by atoms with Gasteiger partial charge in [-0.05, 0) is 19.4 Å². The van der Waals surface area contributed by atoms with Gasteiger partial charge in [0.2, 0.25) is 0 Å². The van der Waals surface area contributed by atoms with E-state index in [4.69, 9.17) is 10.8 Å². The van der Waals surface area contributed by atoms with Crippen LogP contribution in [0.5, 0.6) is 5.75 Å². The maximum absolute atomic E-state index is 9.47. The lowest BCUT2D eigenvalue weighted by Gasteiger charge is -2.12. The van der Waals surface area contributed by atoms with Crippen molar-refractivity contribution in [1.82, 2.24) is 0 Å². The number of nitrogens with two attached hydrogens (primary N) is 1. The number of phenolic OH excluding ortho intramolecular Hbond substituents is 1. The van der Waals surface area contributed by atoms with Crippen LogP contribution >= 0.6 is 0 Å². The molecule has 0 aromatic heterocycles. The number of aromatic hydroxyl groups is 1. The van der Waals surface area contributed by atoms with Gasteiger partial charge in [0.15, 0.2) is 0 Å². The zero-order valence-corrected chi connectivity index (χ0v) is 7.70. The molecule has 4 N–H and O–H groups in total. The highest BCUT2D eigenvalue weighted by Crippen LogP contribution is 2.25. The minimum Gasteiger partial charge on any atom is -0.508 e. The summed E-state index contributed by atoms with van der Waals surface area (Å²) >= 11 is 0. The predicted octanol–water partition coefficient (Wildman–Crippen LogP) is 1.08. The zero-order chi connectivity index (χ0) is 9.84. The maximum atomic E-state index is 9.47. The lowest BCUT2D eigenvalue weighted by atomic mass is 10.0. The molecule has 1 rings (SSSR count). The SMILES string of the molecule is Cc1ccc(O)c(C(N)CCO)c1. The molecule has 0 saturated carbocycles. The number of aryl methyl sites for hydroxylation is 1. The summed E-state index contributed by atoms with van der Waals surface area (Å²) in [5, 5.41) is 18.2. The smallest absolute Gasteiger partial charge is 0.120 e. The number of phenols is 1. The van der Waals surface area contributed by atoms with E-state index in [1.807, 2.05) is 19.1 Å². The van der Waals surface area contributed by atoms with Gasteiger partial charge < -0.3 is 15.9 Å². The van der Waals surface area contributed by atoms with E-state index in [2.05, 4.69) is 0 Å². The summed E-state index contributed by atoms with van der Waals surface area (Å²) in [7, 11) is 0. The largest absolute Gasteiger partial charge is 0.508 e. The fourth-order valence-electron chi connectivity index (χ4n) is 1.27. The molecule has 3 nitrogen and oxygen atoms in total. The first-order chi connectivity index (χ1) is 6.15. The van der Waals surface area contributed by atoms with E-state index < -0.39 is 0 Å². The van der Waals surface area contributed by atoms with Gasteiger partial charge in [0.05, 0.1) is 0 Å². The van der Waals surface area contributed by atoms with Crippen LogP contribution in [0.1, 0.15) is 23.6 Å². The molecule has 0 spiro atoms. The van der Waals surface area contributed by atoms with Crippen LogP contribution in [-0.2, 0) is 0 Å². The Morgan fingerprint density at radius 2 is 2.15 bits per heavy atom. The van der Waals surface area contributed by atoms with Crippen LogP contribution in [0.3, 0.4) is 0 Å². The third-order valence-corrected chi connectivity index (χ3v) is 2.02. The minimum atomic E-state index is -0.287. The van der Waals surface area contributed by atoms with E-state index in [1.54, 1.807) is 6.07 Å². The summed E-state index contributed by atoms with van der Waals surface area (Å²) in [6, 6.07) is 5.01. The summed E-state index contributed by atoms with van der Waals surface area (Å²) in [6.45, 7) is 1.98. The van der Waals surface area contributed by atoms with Gasteiger partial charge in [0, 0.05) is 18.2 Å². The molecule has 1 aromatic rings. The van der Waals surface area contributed by atoms with Gasteiger partial charge >= 0.3 is 0 Å². The predicted molar refractivity (Wildman–Crippen MR) is 51.5 cm³/mol. The van der Waals surface area contributed by atoms with E-state index >= 15 is 0 Å². The zero-order valence-electron chi connectivity index (χ0n) is 7.70. The molecule has 0 amide bonds. The molecule has 0 aliphatic heterocycles. The standard InChI is InChI=1S/C10H15NO2/c1-7-2-3-10(13)8(6-7)9(11)4-5-12/h2-3,6,9,12-13H,4-5,11H2,1H3. The van der Waals surface area contributed by atoms with Gasteiger partial charge in [-0.3, -0.25) is 0 Å². The molecule has 1 atom stereocenters. The number of hydrogen-bond acceptors (Lipinski definition) is 3. The molecule has 0 heterocycles. The molecular weight excluding hydrogens is 166 g/mol. The summed E-state index contributed by atoms with van der Waals surface area (Å²) in [5.74, 6) is 0.201. The van der Waals surface area contributed by atoms with E-state index in [-0.39, 0.29) is 18.4 Å². The second-order valence-electron chi connectivity index (χ2n) is 3.18. The number of hydrogen-bond donors (Lipinski definition) is 3. The Morgan fingerprint density at radius 1 is 1.46 bits per heavy atom. The maximum Gasteiger partial charge on any atom is 0.120 e. The molecule has 13 heavy (non-hydrogen) atoms. The van der Waals surface area contributed by atoms with Crippen molar-refractivity contribution >= 4 is 0 Å². The molecule has 0 aliphatic carbocycles. The Kier molecular flexibility index (Phi) is 3.28. The lowest BCUT2D eigenvalue weighted by molar-refractivity contribution is 0.275. The number of rotatable bonds is 3. The highest BCUT2D eigenvalue weighted by molar-refractivity contribution is 5.37. The van der Waals surface area contributed by atoms with Crippen molar-refractivity contribution in [3.8, 4) is 5.75 Å². The molecule has 3 heteroatoms. The van der Waals surface area contributed by atoms with Crippen molar-refractivity contribution < 1.29 is 10.2 Å². The monoisotopic (exact) mass is 181 g/mol. The molecule has 0 bridgehead atoms. The molecule has 0 fully saturated rings. The van der Waals surface area contributed by atoms with Crippen molar-refractivity contribution in [3.63, 3.8) is 0 Å². The van der Waals surface area contributed by atoms with E-state index in [0.29, 0.717) is 12.0 Å². The Labute approximate surface area is 77.8 Å². The molecule has 0 radical (unpaired) electrons. The highest BCUT2D eigenvalue weighted by Gasteiger charge is 2.09. The first-order valence-corrected chi connectivity index (χ1v) is 4.31. The Morgan fingerprint density at radius 3 is 2.77 bits per heavy atom. The van der Waals surface area contributed by atoms with E-state index in [1.165, 1.54) is 0 Å². The second kappa shape index (κ2) is 4.25. The summed E-state index contributed by atoms with van der Waals surface area (Å²) in [4.78, 5) is 0. The van der Waals surface area contributed by atoms with Gasteiger partial charge in [-0.1, -0.05) is 17.7 Å². The van der Waals surface area contributed by atoms with Crippen molar-refractivity contribution in [2.45, 2.75) is 19.4 Å². The summed E-state index contributed by atoms with van der Waals surface area (Å²) < 4.78 is 0. The molecule has 1 unspecified atom stereocenters. The van der Waals surface area contributed by atoms with Gasteiger partial charge in [0.25, 0.3) is 0 Å². The minimum absolute atomic E-state index is 0.0363. The van der Waals surface area contributed by atoms with Crippen molar-refractivity contribution in [2.75, 3.05) is 6.61 Å². The molecule has 72 valence electrons. The lowest BCUT2D eigenvalue weighted by Crippen LogP contribution is -2.12. The number of aliphatic hydroxyl groups is 1. The average molecular weight is 181 g/mol. The van der Waals surface area contributed by atoms with Gasteiger partial charge in [0.1, 0.15) is 5.75 Å². The first-order valence-electron chi connectivity index (χ1n) is 4.31. The molecule has 0 aliphatic rings. The van der Waals surface area contributed by atoms with Gasteiger partial charge in [-0.25, -0.2) is 0 Å². The van der Waals surface area contributed by atoms with Crippen LogP contribution in [0.2, 0.25) is 0 Å². The molecule has 0 saturated heterocycles. The van der Waals surface area contributed by atoms with Crippen LogP contribution in [-0.4, -0.2) is 16.8 Å². The van der Waals surface area contributed by atoms with E-state index in [9.17, 15) is 5.11 Å². The first kappa shape index (κ1) is 10.0. The summed E-state index contributed by atoms with van der Waals surface area (Å²) in [5.41, 5.74) is 7.51. The van der Waals surface area contributed by atoms with Crippen molar-refractivity contribution in [1.29, 1.82) is 0 Å². The Hall–Kier alpha value is -1.06. The van der Waals surface area contributed by atoms with Gasteiger partial charge in [-0.15, -0.1) is 0 Å².